The van der Waals surface area contributed by atoms with E-state index in [-0.39, 0.29) is 18.4 Å². The van der Waals surface area contributed by atoms with Crippen molar-refractivity contribution < 1.29 is 9.59 Å². The van der Waals surface area contributed by atoms with Crippen LogP contribution >= 0.6 is 11.8 Å². The van der Waals surface area contributed by atoms with Crippen molar-refractivity contribution in [3.63, 3.8) is 0 Å². The minimum atomic E-state index is -0.129. The fourth-order valence-electron chi connectivity index (χ4n) is 2.04. The third-order valence-electron chi connectivity index (χ3n) is 3.13. The van der Waals surface area contributed by atoms with Gasteiger partial charge < -0.3 is 10.6 Å². The molecule has 0 heterocycles. The molecule has 24 heavy (non-hydrogen) atoms. The average molecular weight is 338 g/mol. The van der Waals surface area contributed by atoms with Crippen molar-refractivity contribution in [2.24, 2.45) is 0 Å². The van der Waals surface area contributed by atoms with Gasteiger partial charge in [0.2, 0.25) is 5.91 Å². The molecule has 5 heteroatoms. The van der Waals surface area contributed by atoms with Crippen molar-refractivity contribution >= 4 is 29.3 Å². The van der Waals surface area contributed by atoms with Crippen molar-refractivity contribution in [2.75, 3.05) is 18.1 Å². The van der Waals surface area contributed by atoms with Crippen LogP contribution in [-0.4, -0.2) is 24.6 Å². The summed E-state index contributed by atoms with van der Waals surface area (Å²) in [5.74, 6) is 5.66. The molecule has 2 N–H and O–H groups in total. The second-order valence-corrected chi connectivity index (χ2v) is 5.79. The summed E-state index contributed by atoms with van der Waals surface area (Å²) >= 11 is 1.54. The highest BCUT2D eigenvalue weighted by atomic mass is 32.2. The molecule has 0 fully saturated rings. The van der Waals surface area contributed by atoms with Crippen LogP contribution in [0.1, 0.15) is 22.8 Å². The van der Waals surface area contributed by atoms with E-state index in [0.717, 1.165) is 16.1 Å². The van der Waals surface area contributed by atoms with Crippen LogP contribution < -0.4 is 10.6 Å². The molecule has 0 aliphatic rings. The normalized spacial score (nSPS) is 9.58. The molecule has 2 aromatic rings. The SMILES string of the molecule is CSc1ccccc1C(=O)NCC#Cc1ccc(NC(C)=O)cc1. The minimum absolute atomic E-state index is 0.109. The number of rotatable bonds is 4. The van der Waals surface area contributed by atoms with E-state index >= 15 is 0 Å². The van der Waals surface area contributed by atoms with Gasteiger partial charge in [-0.3, -0.25) is 9.59 Å². The van der Waals surface area contributed by atoms with E-state index in [2.05, 4.69) is 22.5 Å². The molecular weight excluding hydrogens is 320 g/mol. The lowest BCUT2D eigenvalue weighted by molar-refractivity contribution is -0.114. The Balaban J connectivity index is 1.91. The smallest absolute Gasteiger partial charge is 0.253 e. The zero-order valence-electron chi connectivity index (χ0n) is 13.6. The molecule has 0 radical (unpaired) electrons. The van der Waals surface area contributed by atoms with Crippen molar-refractivity contribution in [3.05, 3.63) is 59.7 Å². The third kappa shape index (κ3) is 5.18. The summed E-state index contributed by atoms with van der Waals surface area (Å²) < 4.78 is 0. The number of benzene rings is 2. The number of thioether (sulfide) groups is 1. The first-order valence-electron chi connectivity index (χ1n) is 7.38. The molecule has 0 aromatic heterocycles. The Labute approximate surface area is 146 Å². The number of nitrogens with one attached hydrogen (secondary N) is 2. The average Bonchev–Trinajstić information content (AvgIpc) is 2.59. The molecule has 2 rings (SSSR count). The van der Waals surface area contributed by atoms with E-state index in [1.807, 2.05) is 36.6 Å². The molecule has 0 atom stereocenters. The van der Waals surface area contributed by atoms with Gasteiger partial charge in [0.25, 0.3) is 5.91 Å². The summed E-state index contributed by atoms with van der Waals surface area (Å²) in [5, 5.41) is 5.50. The van der Waals surface area contributed by atoms with Gasteiger partial charge in [0.05, 0.1) is 12.1 Å². The largest absolute Gasteiger partial charge is 0.341 e. The zero-order chi connectivity index (χ0) is 17.4. The van der Waals surface area contributed by atoms with E-state index in [1.54, 1.807) is 18.2 Å². The van der Waals surface area contributed by atoms with Gasteiger partial charge in [-0.2, -0.15) is 0 Å². The van der Waals surface area contributed by atoms with E-state index in [9.17, 15) is 9.59 Å². The lowest BCUT2D eigenvalue weighted by Gasteiger charge is -2.05. The van der Waals surface area contributed by atoms with Crippen molar-refractivity contribution in [1.29, 1.82) is 0 Å². The van der Waals surface area contributed by atoms with Crippen molar-refractivity contribution in [1.82, 2.24) is 5.32 Å². The Hall–Kier alpha value is -2.71. The van der Waals surface area contributed by atoms with Crippen molar-refractivity contribution in [2.45, 2.75) is 11.8 Å². The van der Waals surface area contributed by atoms with E-state index in [4.69, 9.17) is 0 Å². The first-order valence-corrected chi connectivity index (χ1v) is 8.60. The van der Waals surface area contributed by atoms with E-state index in [0.29, 0.717) is 5.56 Å². The van der Waals surface area contributed by atoms with Gasteiger partial charge in [-0.05, 0) is 42.7 Å². The van der Waals surface area contributed by atoms with Crippen LogP contribution in [-0.2, 0) is 4.79 Å². The molecule has 0 spiro atoms. The highest BCUT2D eigenvalue weighted by Gasteiger charge is 2.08. The second kappa shape index (κ2) is 8.80. The van der Waals surface area contributed by atoms with E-state index < -0.39 is 0 Å². The molecule has 2 amide bonds. The minimum Gasteiger partial charge on any atom is -0.341 e. The molecule has 0 unspecified atom stereocenters. The number of carbonyl (C=O) groups excluding carboxylic acids is 2. The molecule has 0 bridgehead atoms. The molecule has 4 nitrogen and oxygen atoms in total. The van der Waals surface area contributed by atoms with Gasteiger partial charge in [-0.1, -0.05) is 24.0 Å². The van der Waals surface area contributed by atoms with Gasteiger partial charge in [-0.15, -0.1) is 11.8 Å². The van der Waals surface area contributed by atoms with Crippen LogP contribution in [0.25, 0.3) is 0 Å². The predicted octanol–water partition coefficient (Wildman–Crippen LogP) is 3.15. The quantitative estimate of drug-likeness (QED) is 0.665. The third-order valence-corrected chi connectivity index (χ3v) is 3.92. The van der Waals surface area contributed by atoms with Crippen LogP contribution in [0.3, 0.4) is 0 Å². The first kappa shape index (κ1) is 17.6. The van der Waals surface area contributed by atoms with E-state index in [1.165, 1.54) is 18.7 Å². The number of carbonyl (C=O) groups is 2. The van der Waals surface area contributed by atoms with Gasteiger partial charge in [-0.25, -0.2) is 0 Å². The fraction of sp³-hybridized carbons (Fsp3) is 0.158. The fourth-order valence-corrected chi connectivity index (χ4v) is 2.63. The first-order chi connectivity index (χ1) is 11.6. The maximum absolute atomic E-state index is 12.2. The number of hydrogen-bond acceptors (Lipinski definition) is 3. The lowest BCUT2D eigenvalue weighted by Crippen LogP contribution is -2.24. The van der Waals surface area contributed by atoms with Crippen LogP contribution in [0.2, 0.25) is 0 Å². The van der Waals surface area contributed by atoms with Gasteiger partial charge in [0, 0.05) is 23.1 Å². The Morgan fingerprint density at radius 2 is 1.79 bits per heavy atom. The zero-order valence-corrected chi connectivity index (χ0v) is 14.4. The summed E-state index contributed by atoms with van der Waals surface area (Å²) in [7, 11) is 0. The van der Waals surface area contributed by atoms with Crippen molar-refractivity contribution in [3.8, 4) is 11.8 Å². The van der Waals surface area contributed by atoms with Crippen LogP contribution in [0, 0.1) is 11.8 Å². The number of hydrogen-bond donors (Lipinski definition) is 2. The standard InChI is InChI=1S/C19H18N2O2S/c1-14(22)21-16-11-9-15(10-12-16)6-5-13-20-19(23)17-7-3-4-8-18(17)24-2/h3-4,7-12H,13H2,1-2H3,(H,20,23)(H,21,22). The maximum atomic E-state index is 12.2. The Morgan fingerprint density at radius 1 is 1.08 bits per heavy atom. The molecule has 122 valence electrons. The Kier molecular flexibility index (Phi) is 6.47. The molecule has 0 saturated carbocycles. The van der Waals surface area contributed by atoms with Crippen LogP contribution in [0.15, 0.2) is 53.4 Å². The highest BCUT2D eigenvalue weighted by molar-refractivity contribution is 7.98. The summed E-state index contributed by atoms with van der Waals surface area (Å²) in [6, 6.07) is 14.7. The lowest BCUT2D eigenvalue weighted by atomic mass is 10.2. The Morgan fingerprint density at radius 3 is 2.46 bits per heavy atom. The highest BCUT2D eigenvalue weighted by Crippen LogP contribution is 2.19. The Bertz CT molecular complexity index is 789. The van der Waals surface area contributed by atoms with Gasteiger partial charge in [0.15, 0.2) is 0 Å². The second-order valence-electron chi connectivity index (χ2n) is 4.94. The summed E-state index contributed by atoms with van der Waals surface area (Å²) in [5.41, 5.74) is 2.21. The predicted molar refractivity (Wildman–Crippen MR) is 98.2 cm³/mol. The van der Waals surface area contributed by atoms with Crippen LogP contribution in [0.4, 0.5) is 5.69 Å². The topological polar surface area (TPSA) is 58.2 Å². The number of amides is 2. The monoisotopic (exact) mass is 338 g/mol. The van der Waals surface area contributed by atoms with Gasteiger partial charge in [0.1, 0.15) is 0 Å². The summed E-state index contributed by atoms with van der Waals surface area (Å²) in [6.45, 7) is 1.74. The molecular formula is C19H18N2O2S. The molecule has 0 aliphatic carbocycles. The van der Waals surface area contributed by atoms with Crippen LogP contribution in [0.5, 0.6) is 0 Å². The molecule has 0 saturated heterocycles. The maximum Gasteiger partial charge on any atom is 0.253 e. The van der Waals surface area contributed by atoms with Gasteiger partial charge >= 0.3 is 0 Å². The number of anilines is 1. The summed E-state index contributed by atoms with van der Waals surface area (Å²) in [6.07, 6.45) is 1.94. The molecule has 2 aromatic carbocycles. The molecule has 0 aliphatic heterocycles. The summed E-state index contributed by atoms with van der Waals surface area (Å²) in [4.78, 5) is 24.0.